The number of H-pyrrole nitrogens is 2. The van der Waals surface area contributed by atoms with Crippen molar-refractivity contribution in [2.24, 2.45) is 5.92 Å². The zero-order valence-electron chi connectivity index (χ0n) is 21.7. The predicted octanol–water partition coefficient (Wildman–Crippen LogP) is 7.46. The van der Waals surface area contributed by atoms with Gasteiger partial charge in [-0.15, -0.1) is 0 Å². The van der Waals surface area contributed by atoms with Gasteiger partial charge in [0.25, 0.3) is 0 Å². The third-order valence-corrected chi connectivity index (χ3v) is 7.53. The Kier molecular flexibility index (Phi) is 6.69. The topological polar surface area (TPSA) is 83.1 Å². The van der Waals surface area contributed by atoms with Crippen LogP contribution in [-0.4, -0.2) is 30.1 Å². The van der Waals surface area contributed by atoms with Gasteiger partial charge < -0.3 is 4.98 Å². The zero-order chi connectivity index (χ0) is 25.9. The average molecular weight is 501 g/mol. The van der Waals surface area contributed by atoms with Crippen LogP contribution in [0, 0.1) is 12.8 Å². The van der Waals surface area contributed by atoms with Crippen molar-refractivity contribution in [3.8, 4) is 22.6 Å². The van der Waals surface area contributed by atoms with Gasteiger partial charge >= 0.3 is 0 Å². The van der Waals surface area contributed by atoms with Crippen molar-refractivity contribution in [1.29, 1.82) is 0 Å². The smallest absolute Gasteiger partial charge is 0.159 e. The van der Waals surface area contributed by atoms with Gasteiger partial charge in [0, 0.05) is 40.8 Å². The van der Waals surface area contributed by atoms with Gasteiger partial charge in [0.2, 0.25) is 0 Å². The number of nitrogens with zero attached hydrogens (tertiary/aromatic N) is 4. The van der Waals surface area contributed by atoms with Crippen LogP contribution in [0.1, 0.15) is 54.7 Å². The van der Waals surface area contributed by atoms with Crippen LogP contribution in [0.2, 0.25) is 0 Å². The Bertz CT molecular complexity index is 1600. The fourth-order valence-corrected chi connectivity index (χ4v) is 5.62. The number of hydrogen-bond donors (Lipinski definition) is 2. The summed E-state index contributed by atoms with van der Waals surface area (Å²) in [7, 11) is 0. The number of allylic oxidation sites excluding steroid dienone is 2. The first-order valence-corrected chi connectivity index (χ1v) is 13.4. The predicted molar refractivity (Wildman–Crippen MR) is 153 cm³/mol. The molecule has 0 unspecified atom stereocenters. The van der Waals surface area contributed by atoms with Crippen molar-refractivity contribution in [1.82, 2.24) is 30.1 Å². The number of nitrogens with one attached hydrogen (secondary N) is 2. The van der Waals surface area contributed by atoms with Crippen molar-refractivity contribution >= 4 is 16.5 Å². The molecule has 0 spiro atoms. The fourth-order valence-electron chi connectivity index (χ4n) is 5.62. The number of hydrogen-bond acceptors (Lipinski definition) is 4. The summed E-state index contributed by atoms with van der Waals surface area (Å²) in [6, 6.07) is 14.6. The van der Waals surface area contributed by atoms with Crippen molar-refractivity contribution in [3.63, 3.8) is 0 Å². The molecule has 1 aliphatic carbocycles. The van der Waals surface area contributed by atoms with Gasteiger partial charge in [-0.1, -0.05) is 63.0 Å². The number of pyridine rings is 2. The molecule has 6 heteroatoms. The average Bonchev–Trinajstić information content (AvgIpc) is 3.55. The van der Waals surface area contributed by atoms with E-state index in [1.54, 1.807) is 12.3 Å². The van der Waals surface area contributed by atoms with Crippen LogP contribution in [0.5, 0.6) is 0 Å². The molecule has 6 rings (SSSR count). The van der Waals surface area contributed by atoms with Crippen LogP contribution in [0.15, 0.2) is 79.8 Å². The lowest BCUT2D eigenvalue weighted by Gasteiger charge is -2.21. The maximum Gasteiger partial charge on any atom is 0.159 e. The van der Waals surface area contributed by atoms with Crippen LogP contribution in [0.3, 0.4) is 0 Å². The summed E-state index contributed by atoms with van der Waals surface area (Å²) in [6.07, 6.45) is 17.4. The van der Waals surface area contributed by atoms with Crippen LogP contribution >= 0.6 is 0 Å². The Balaban J connectivity index is 1.34. The van der Waals surface area contributed by atoms with Gasteiger partial charge in [-0.25, -0.2) is 4.98 Å². The molecule has 0 bridgehead atoms. The number of imidazole rings is 1. The maximum atomic E-state index is 4.97. The van der Waals surface area contributed by atoms with E-state index >= 15 is 0 Å². The highest BCUT2D eigenvalue weighted by atomic mass is 15.1. The molecule has 1 aromatic carbocycles. The van der Waals surface area contributed by atoms with E-state index in [1.807, 2.05) is 43.6 Å². The summed E-state index contributed by atoms with van der Waals surface area (Å²) in [5.41, 5.74) is 8.90. The molecule has 4 heterocycles. The third kappa shape index (κ3) is 4.82. The standard InChI is InChI=1S/C32H32N6/c1-3-9-26(28-12-7-8-15-34-28)30-21(2)35-32(36-30)31-27-18-24(13-14-29(27)37-38-31)25-17-23(19-33-20-25)16-22-10-5-4-6-11-22/h3,7-9,12-15,17-20,22H,1,4-6,10-11,16H2,2H3,(H,35,36)(H,37,38)/b26-9-. The number of aromatic amines is 2. The summed E-state index contributed by atoms with van der Waals surface area (Å²) in [6.45, 7) is 5.91. The largest absolute Gasteiger partial charge is 0.340 e. The molecule has 4 aromatic heterocycles. The summed E-state index contributed by atoms with van der Waals surface area (Å²) in [4.78, 5) is 17.5. The van der Waals surface area contributed by atoms with Gasteiger partial charge in [0.15, 0.2) is 5.82 Å². The first-order valence-electron chi connectivity index (χ1n) is 13.4. The molecular weight excluding hydrogens is 468 g/mol. The van der Waals surface area contributed by atoms with Gasteiger partial charge in [0.05, 0.1) is 16.9 Å². The number of fused-ring (bicyclic) bond motifs is 1. The molecule has 1 fully saturated rings. The molecular formula is C32H32N6. The molecule has 38 heavy (non-hydrogen) atoms. The molecule has 0 saturated heterocycles. The maximum absolute atomic E-state index is 4.97. The van der Waals surface area contributed by atoms with Crippen LogP contribution in [-0.2, 0) is 6.42 Å². The van der Waals surface area contributed by atoms with E-state index in [1.165, 1.54) is 37.7 Å². The SMILES string of the molecule is C=C/C=C(/c1ccccn1)c1nc(-c2n[nH]c3ccc(-c4cncc(CC5CCCCC5)c4)cc23)[nH]c1C. The summed E-state index contributed by atoms with van der Waals surface area (Å²) < 4.78 is 0. The molecule has 1 saturated carbocycles. The van der Waals surface area contributed by atoms with Crippen molar-refractivity contribution in [2.45, 2.75) is 45.4 Å². The second-order valence-electron chi connectivity index (χ2n) is 10.2. The van der Waals surface area contributed by atoms with E-state index in [0.717, 1.165) is 68.5 Å². The van der Waals surface area contributed by atoms with E-state index in [4.69, 9.17) is 4.98 Å². The molecule has 0 amide bonds. The van der Waals surface area contributed by atoms with Gasteiger partial charge in [-0.05, 0) is 60.7 Å². The Morgan fingerprint density at radius 3 is 2.76 bits per heavy atom. The summed E-state index contributed by atoms with van der Waals surface area (Å²) in [5, 5.41) is 8.84. The van der Waals surface area contributed by atoms with Gasteiger partial charge in [-0.3, -0.25) is 15.1 Å². The highest BCUT2D eigenvalue weighted by Gasteiger charge is 2.19. The number of benzene rings is 1. The lowest BCUT2D eigenvalue weighted by molar-refractivity contribution is 0.356. The van der Waals surface area contributed by atoms with E-state index in [2.05, 4.69) is 56.0 Å². The van der Waals surface area contributed by atoms with E-state index in [-0.39, 0.29) is 0 Å². The molecule has 0 radical (unpaired) electrons. The van der Waals surface area contributed by atoms with Crippen molar-refractivity contribution < 1.29 is 0 Å². The van der Waals surface area contributed by atoms with Gasteiger partial charge in [0.1, 0.15) is 5.69 Å². The van der Waals surface area contributed by atoms with E-state index in [9.17, 15) is 0 Å². The number of aryl methyl sites for hydroxylation is 1. The molecule has 0 aliphatic heterocycles. The lowest BCUT2D eigenvalue weighted by atomic mass is 9.85. The minimum absolute atomic E-state index is 0.718. The summed E-state index contributed by atoms with van der Waals surface area (Å²) >= 11 is 0. The molecule has 2 N–H and O–H groups in total. The monoisotopic (exact) mass is 500 g/mol. The van der Waals surface area contributed by atoms with E-state index in [0.29, 0.717) is 0 Å². The molecule has 0 atom stereocenters. The fraction of sp³-hybridized carbons (Fsp3) is 0.250. The molecule has 190 valence electrons. The van der Waals surface area contributed by atoms with Crippen LogP contribution < -0.4 is 0 Å². The summed E-state index contributed by atoms with van der Waals surface area (Å²) in [5.74, 6) is 1.50. The number of aromatic nitrogens is 6. The van der Waals surface area contributed by atoms with Crippen molar-refractivity contribution in [3.05, 3.63) is 102 Å². The first kappa shape index (κ1) is 24.0. The van der Waals surface area contributed by atoms with Crippen LogP contribution in [0.4, 0.5) is 0 Å². The lowest BCUT2D eigenvalue weighted by Crippen LogP contribution is -2.09. The highest BCUT2D eigenvalue weighted by molar-refractivity contribution is 5.94. The second kappa shape index (κ2) is 10.6. The third-order valence-electron chi connectivity index (χ3n) is 7.53. The minimum Gasteiger partial charge on any atom is -0.340 e. The van der Waals surface area contributed by atoms with Crippen molar-refractivity contribution in [2.75, 3.05) is 0 Å². The molecule has 5 aromatic rings. The van der Waals surface area contributed by atoms with Gasteiger partial charge in [-0.2, -0.15) is 5.10 Å². The van der Waals surface area contributed by atoms with E-state index < -0.39 is 0 Å². The normalized spacial score (nSPS) is 14.7. The Morgan fingerprint density at radius 1 is 1.05 bits per heavy atom. The Morgan fingerprint density at radius 2 is 1.95 bits per heavy atom. The first-order chi connectivity index (χ1) is 18.7. The molecule has 6 nitrogen and oxygen atoms in total. The number of rotatable bonds is 7. The zero-order valence-corrected chi connectivity index (χ0v) is 21.7. The second-order valence-corrected chi connectivity index (χ2v) is 10.2. The Labute approximate surface area is 223 Å². The quantitative estimate of drug-likeness (QED) is 0.227. The minimum atomic E-state index is 0.718. The Hall–Kier alpha value is -4.32. The molecule has 1 aliphatic rings. The highest BCUT2D eigenvalue weighted by Crippen LogP contribution is 2.33. The van der Waals surface area contributed by atoms with Crippen LogP contribution in [0.25, 0.3) is 39.1 Å².